The SMILES string of the molecule is CCCCOC(=O)CNc1ccc(Br)c(OC)c1. The monoisotopic (exact) mass is 315 g/mol. The first-order chi connectivity index (χ1) is 8.67. The average Bonchev–Trinajstić information content (AvgIpc) is 2.38. The van der Waals surface area contributed by atoms with Crippen molar-refractivity contribution in [2.45, 2.75) is 19.8 Å². The molecule has 1 N–H and O–H groups in total. The third kappa shape index (κ3) is 4.96. The van der Waals surface area contributed by atoms with Crippen LogP contribution in [0.25, 0.3) is 0 Å². The minimum atomic E-state index is -0.245. The van der Waals surface area contributed by atoms with Crippen LogP contribution in [0.2, 0.25) is 0 Å². The van der Waals surface area contributed by atoms with E-state index in [0.717, 1.165) is 28.8 Å². The van der Waals surface area contributed by atoms with Gasteiger partial charge in [-0.05, 0) is 34.5 Å². The van der Waals surface area contributed by atoms with Crippen LogP contribution in [0, 0.1) is 0 Å². The largest absolute Gasteiger partial charge is 0.495 e. The summed E-state index contributed by atoms with van der Waals surface area (Å²) in [7, 11) is 1.60. The van der Waals surface area contributed by atoms with Crippen molar-refractivity contribution in [1.29, 1.82) is 0 Å². The Hall–Kier alpha value is -1.23. The Morgan fingerprint density at radius 1 is 1.44 bits per heavy atom. The Kier molecular flexibility index (Phi) is 6.57. The second-order valence-corrected chi connectivity index (χ2v) is 4.63. The molecular formula is C13H18BrNO3. The molecule has 5 heteroatoms. The number of carbonyl (C=O) groups is 1. The summed E-state index contributed by atoms with van der Waals surface area (Å²) in [6.07, 6.45) is 1.92. The number of anilines is 1. The van der Waals surface area contributed by atoms with Gasteiger partial charge in [-0.15, -0.1) is 0 Å². The lowest BCUT2D eigenvalue weighted by atomic mass is 10.3. The van der Waals surface area contributed by atoms with Gasteiger partial charge in [0.1, 0.15) is 12.3 Å². The molecule has 0 saturated heterocycles. The predicted octanol–water partition coefficient (Wildman–Crippen LogP) is 3.21. The summed E-state index contributed by atoms with van der Waals surface area (Å²) in [6.45, 7) is 2.70. The summed E-state index contributed by atoms with van der Waals surface area (Å²) in [6, 6.07) is 5.55. The zero-order chi connectivity index (χ0) is 13.4. The van der Waals surface area contributed by atoms with E-state index in [1.54, 1.807) is 7.11 Å². The molecule has 4 nitrogen and oxygen atoms in total. The number of rotatable bonds is 7. The molecule has 1 rings (SSSR count). The van der Waals surface area contributed by atoms with Gasteiger partial charge in [0.15, 0.2) is 0 Å². The Bertz CT molecular complexity index is 396. The Morgan fingerprint density at radius 3 is 2.89 bits per heavy atom. The number of methoxy groups -OCH3 is 1. The second-order valence-electron chi connectivity index (χ2n) is 3.78. The number of benzene rings is 1. The van der Waals surface area contributed by atoms with E-state index < -0.39 is 0 Å². The molecule has 0 saturated carbocycles. The van der Waals surface area contributed by atoms with Crippen molar-refractivity contribution in [3.05, 3.63) is 22.7 Å². The fourth-order valence-electron chi connectivity index (χ4n) is 1.33. The average molecular weight is 316 g/mol. The topological polar surface area (TPSA) is 47.6 Å². The van der Waals surface area contributed by atoms with Crippen LogP contribution < -0.4 is 10.1 Å². The highest BCUT2D eigenvalue weighted by atomic mass is 79.9. The summed E-state index contributed by atoms with van der Waals surface area (Å²) in [4.78, 5) is 11.4. The van der Waals surface area contributed by atoms with Gasteiger partial charge in [0.05, 0.1) is 18.2 Å². The summed E-state index contributed by atoms with van der Waals surface area (Å²) in [5, 5.41) is 3.00. The molecule has 0 unspecified atom stereocenters. The molecular weight excluding hydrogens is 298 g/mol. The zero-order valence-corrected chi connectivity index (χ0v) is 12.2. The third-order valence-electron chi connectivity index (χ3n) is 2.35. The van der Waals surface area contributed by atoms with Gasteiger partial charge in [-0.1, -0.05) is 13.3 Å². The van der Waals surface area contributed by atoms with Crippen LogP contribution in [0.1, 0.15) is 19.8 Å². The van der Waals surface area contributed by atoms with Gasteiger partial charge in [-0.2, -0.15) is 0 Å². The van der Waals surface area contributed by atoms with Gasteiger partial charge < -0.3 is 14.8 Å². The number of hydrogen-bond donors (Lipinski definition) is 1. The summed E-state index contributed by atoms with van der Waals surface area (Å²) in [5.41, 5.74) is 0.822. The van der Waals surface area contributed by atoms with Crippen LogP contribution >= 0.6 is 15.9 Å². The first-order valence-corrected chi connectivity index (χ1v) is 6.69. The quantitative estimate of drug-likeness (QED) is 0.620. The molecule has 0 bridgehead atoms. The number of nitrogens with one attached hydrogen (secondary N) is 1. The lowest BCUT2D eigenvalue weighted by molar-refractivity contribution is -0.141. The number of unbranched alkanes of at least 4 members (excludes halogenated alkanes) is 1. The van der Waals surface area contributed by atoms with E-state index in [9.17, 15) is 4.79 Å². The first kappa shape index (κ1) is 14.8. The van der Waals surface area contributed by atoms with Gasteiger partial charge in [-0.25, -0.2) is 0 Å². The summed E-state index contributed by atoms with van der Waals surface area (Å²) >= 11 is 3.37. The smallest absolute Gasteiger partial charge is 0.325 e. The Morgan fingerprint density at radius 2 is 2.22 bits per heavy atom. The fraction of sp³-hybridized carbons (Fsp3) is 0.462. The number of ether oxygens (including phenoxy) is 2. The number of carbonyl (C=O) groups excluding carboxylic acids is 1. The molecule has 1 aromatic rings. The van der Waals surface area contributed by atoms with Crippen molar-refractivity contribution < 1.29 is 14.3 Å². The lowest BCUT2D eigenvalue weighted by Crippen LogP contribution is -2.17. The summed E-state index contributed by atoms with van der Waals surface area (Å²) < 4.78 is 11.1. The van der Waals surface area contributed by atoms with Crippen LogP contribution in [-0.4, -0.2) is 26.2 Å². The molecule has 18 heavy (non-hydrogen) atoms. The molecule has 0 aliphatic carbocycles. The van der Waals surface area contributed by atoms with E-state index in [1.165, 1.54) is 0 Å². The van der Waals surface area contributed by atoms with Crippen LogP contribution in [0.4, 0.5) is 5.69 Å². The first-order valence-electron chi connectivity index (χ1n) is 5.90. The maximum atomic E-state index is 11.4. The van der Waals surface area contributed by atoms with E-state index in [4.69, 9.17) is 9.47 Å². The van der Waals surface area contributed by atoms with Crippen molar-refractivity contribution in [2.75, 3.05) is 25.6 Å². The van der Waals surface area contributed by atoms with Crippen molar-refractivity contribution in [1.82, 2.24) is 0 Å². The Labute approximate surface area is 116 Å². The van der Waals surface area contributed by atoms with Gasteiger partial charge in [0.2, 0.25) is 0 Å². The zero-order valence-electron chi connectivity index (χ0n) is 10.7. The minimum absolute atomic E-state index is 0.161. The molecule has 1 aromatic carbocycles. The molecule has 0 spiro atoms. The normalized spacial score (nSPS) is 9.94. The molecule has 0 radical (unpaired) electrons. The van der Waals surface area contributed by atoms with Crippen molar-refractivity contribution in [2.24, 2.45) is 0 Å². The van der Waals surface area contributed by atoms with Crippen LogP contribution in [0.3, 0.4) is 0 Å². The predicted molar refractivity (Wildman–Crippen MR) is 75.1 cm³/mol. The number of halogens is 1. The molecule has 0 aliphatic heterocycles. The van der Waals surface area contributed by atoms with E-state index in [2.05, 4.69) is 28.2 Å². The van der Waals surface area contributed by atoms with Gasteiger partial charge in [0.25, 0.3) is 0 Å². The van der Waals surface area contributed by atoms with E-state index >= 15 is 0 Å². The molecule has 100 valence electrons. The minimum Gasteiger partial charge on any atom is -0.495 e. The number of hydrogen-bond acceptors (Lipinski definition) is 4. The second kappa shape index (κ2) is 7.97. The highest BCUT2D eigenvalue weighted by molar-refractivity contribution is 9.10. The van der Waals surface area contributed by atoms with Crippen LogP contribution in [-0.2, 0) is 9.53 Å². The molecule has 0 atom stereocenters. The maximum absolute atomic E-state index is 11.4. The van der Waals surface area contributed by atoms with Gasteiger partial charge >= 0.3 is 5.97 Å². The van der Waals surface area contributed by atoms with Gasteiger partial charge in [-0.3, -0.25) is 4.79 Å². The van der Waals surface area contributed by atoms with Crippen molar-refractivity contribution >= 4 is 27.6 Å². The molecule has 0 aliphatic rings. The molecule has 0 heterocycles. The summed E-state index contributed by atoms with van der Waals surface area (Å²) in [5.74, 6) is 0.477. The van der Waals surface area contributed by atoms with Crippen LogP contribution in [0.5, 0.6) is 5.75 Å². The van der Waals surface area contributed by atoms with E-state index in [1.807, 2.05) is 18.2 Å². The van der Waals surface area contributed by atoms with Gasteiger partial charge in [0, 0.05) is 11.8 Å². The molecule has 0 aromatic heterocycles. The molecule has 0 amide bonds. The fourth-order valence-corrected chi connectivity index (χ4v) is 1.73. The lowest BCUT2D eigenvalue weighted by Gasteiger charge is -2.09. The third-order valence-corrected chi connectivity index (χ3v) is 3.00. The van der Waals surface area contributed by atoms with E-state index in [0.29, 0.717) is 6.61 Å². The maximum Gasteiger partial charge on any atom is 0.325 e. The highest BCUT2D eigenvalue weighted by Gasteiger charge is 2.04. The van der Waals surface area contributed by atoms with Crippen LogP contribution in [0.15, 0.2) is 22.7 Å². The number of esters is 1. The standard InChI is InChI=1S/C13H18BrNO3/c1-3-4-7-18-13(16)9-15-10-5-6-11(14)12(8-10)17-2/h5-6,8,15H,3-4,7,9H2,1-2H3. The molecule has 0 fully saturated rings. The van der Waals surface area contributed by atoms with Crippen molar-refractivity contribution in [3.8, 4) is 5.75 Å². The Balaban J connectivity index is 2.41. The van der Waals surface area contributed by atoms with Crippen molar-refractivity contribution in [3.63, 3.8) is 0 Å². The highest BCUT2D eigenvalue weighted by Crippen LogP contribution is 2.27. The van der Waals surface area contributed by atoms with E-state index in [-0.39, 0.29) is 12.5 Å².